The first kappa shape index (κ1) is 21.6. The van der Waals surface area contributed by atoms with Crippen LogP contribution in [-0.4, -0.2) is 47.9 Å². The summed E-state index contributed by atoms with van der Waals surface area (Å²) in [6.07, 6.45) is 2.10. The number of rotatable bonds is 5. The van der Waals surface area contributed by atoms with Crippen molar-refractivity contribution in [3.63, 3.8) is 0 Å². The summed E-state index contributed by atoms with van der Waals surface area (Å²) in [6.45, 7) is 2.64. The monoisotopic (exact) mass is 450 g/mol. The number of fused-ring (bicyclic) bond motifs is 1. The van der Waals surface area contributed by atoms with Crippen LogP contribution in [-0.2, 0) is 11.2 Å². The molecule has 2 heterocycles. The van der Waals surface area contributed by atoms with Crippen molar-refractivity contribution >= 4 is 34.1 Å². The molecule has 6 nitrogen and oxygen atoms in total. The summed E-state index contributed by atoms with van der Waals surface area (Å²) in [6, 6.07) is 27.2. The highest BCUT2D eigenvalue weighted by Gasteiger charge is 2.24. The van der Waals surface area contributed by atoms with Crippen LogP contribution in [0, 0.1) is 0 Å². The van der Waals surface area contributed by atoms with Gasteiger partial charge < -0.3 is 15.1 Å². The van der Waals surface area contributed by atoms with E-state index in [0.29, 0.717) is 43.9 Å². The van der Waals surface area contributed by atoms with Crippen LogP contribution in [0.15, 0.2) is 91.1 Å². The third-order valence-electron chi connectivity index (χ3n) is 6.17. The first-order chi connectivity index (χ1) is 16.7. The molecular weight excluding hydrogens is 424 g/mol. The molecular formula is C28H26N4O2. The van der Waals surface area contributed by atoms with Crippen LogP contribution in [0.25, 0.3) is 10.9 Å². The third kappa shape index (κ3) is 4.76. The predicted molar refractivity (Wildman–Crippen MR) is 135 cm³/mol. The van der Waals surface area contributed by atoms with E-state index in [1.54, 1.807) is 6.20 Å². The fourth-order valence-electron chi connectivity index (χ4n) is 4.36. The van der Waals surface area contributed by atoms with Gasteiger partial charge in [0, 0.05) is 37.3 Å². The fraction of sp³-hybridized carbons (Fsp3) is 0.179. The number of aromatic nitrogens is 1. The van der Waals surface area contributed by atoms with Crippen molar-refractivity contribution in [1.29, 1.82) is 0 Å². The number of carbonyl (C=O) groups is 2. The maximum absolute atomic E-state index is 13.2. The highest BCUT2D eigenvalue weighted by atomic mass is 16.2. The fourth-order valence-corrected chi connectivity index (χ4v) is 4.36. The molecule has 1 aromatic heterocycles. The van der Waals surface area contributed by atoms with Gasteiger partial charge in [0.25, 0.3) is 5.91 Å². The van der Waals surface area contributed by atoms with Crippen LogP contribution >= 0.6 is 0 Å². The summed E-state index contributed by atoms with van der Waals surface area (Å²) in [7, 11) is 0. The minimum absolute atomic E-state index is 0.140. The lowest BCUT2D eigenvalue weighted by Gasteiger charge is -2.37. The van der Waals surface area contributed by atoms with Crippen LogP contribution < -0.4 is 10.2 Å². The van der Waals surface area contributed by atoms with Gasteiger partial charge in [-0.15, -0.1) is 0 Å². The summed E-state index contributed by atoms with van der Waals surface area (Å²) in [5.41, 5.74) is 4.07. The molecule has 0 spiro atoms. The molecule has 3 aromatic carbocycles. The maximum Gasteiger partial charge on any atom is 0.257 e. The summed E-state index contributed by atoms with van der Waals surface area (Å²) in [5, 5.41) is 3.97. The number of anilines is 2. The van der Waals surface area contributed by atoms with E-state index in [0.717, 1.165) is 22.2 Å². The third-order valence-corrected chi connectivity index (χ3v) is 6.17. The Labute approximate surface area is 198 Å². The largest absolute Gasteiger partial charge is 0.367 e. The molecule has 1 N–H and O–H groups in total. The van der Waals surface area contributed by atoms with Crippen molar-refractivity contribution in [3.8, 4) is 0 Å². The van der Waals surface area contributed by atoms with Crippen LogP contribution in [0.2, 0.25) is 0 Å². The van der Waals surface area contributed by atoms with E-state index in [1.165, 1.54) is 0 Å². The normalized spacial score (nSPS) is 13.6. The van der Waals surface area contributed by atoms with Gasteiger partial charge in [0.2, 0.25) is 5.91 Å². The Hall–Kier alpha value is -4.19. The predicted octanol–water partition coefficient (Wildman–Crippen LogP) is 4.38. The molecule has 2 amide bonds. The number of hydrogen-bond donors (Lipinski definition) is 1. The minimum Gasteiger partial charge on any atom is -0.367 e. The van der Waals surface area contributed by atoms with Crippen molar-refractivity contribution in [2.45, 2.75) is 6.42 Å². The Balaban J connectivity index is 1.25. The van der Waals surface area contributed by atoms with Crippen LogP contribution in [0.3, 0.4) is 0 Å². The number of amides is 2. The molecule has 6 heteroatoms. The van der Waals surface area contributed by atoms with E-state index in [9.17, 15) is 9.59 Å². The van der Waals surface area contributed by atoms with E-state index >= 15 is 0 Å². The van der Waals surface area contributed by atoms with Crippen molar-refractivity contribution in [1.82, 2.24) is 9.88 Å². The topological polar surface area (TPSA) is 65.5 Å². The molecule has 170 valence electrons. The lowest BCUT2D eigenvalue weighted by molar-refractivity contribution is -0.130. The molecule has 0 bridgehead atoms. The Bertz CT molecular complexity index is 1310. The molecule has 0 saturated carbocycles. The van der Waals surface area contributed by atoms with Gasteiger partial charge in [-0.05, 0) is 29.8 Å². The number of para-hydroxylation sites is 2. The Kier molecular flexibility index (Phi) is 6.21. The van der Waals surface area contributed by atoms with Crippen molar-refractivity contribution in [2.24, 2.45) is 0 Å². The highest BCUT2D eigenvalue weighted by molar-refractivity contribution is 6.08. The zero-order valence-electron chi connectivity index (χ0n) is 18.9. The van der Waals surface area contributed by atoms with Crippen molar-refractivity contribution < 1.29 is 9.59 Å². The number of pyridine rings is 1. The Morgan fingerprint density at radius 3 is 2.35 bits per heavy atom. The van der Waals surface area contributed by atoms with Gasteiger partial charge in [0.15, 0.2) is 0 Å². The second-order valence-electron chi connectivity index (χ2n) is 8.42. The molecule has 1 fully saturated rings. The van der Waals surface area contributed by atoms with E-state index in [-0.39, 0.29) is 11.8 Å². The second-order valence-corrected chi connectivity index (χ2v) is 8.42. The highest BCUT2D eigenvalue weighted by Crippen LogP contribution is 2.24. The second kappa shape index (κ2) is 9.75. The average Bonchev–Trinajstić information content (AvgIpc) is 2.89. The SMILES string of the molecule is O=C(Nc1cnc2ccccc2c1)c1ccccc1N1CCN(C(=O)Cc2ccccc2)CC1. The first-order valence-corrected chi connectivity index (χ1v) is 11.5. The molecule has 4 aromatic rings. The van der Waals surface area contributed by atoms with Crippen molar-refractivity contribution in [2.75, 3.05) is 36.4 Å². The summed E-state index contributed by atoms with van der Waals surface area (Å²) in [5.74, 6) is -0.0315. The molecule has 0 unspecified atom stereocenters. The molecule has 0 radical (unpaired) electrons. The first-order valence-electron chi connectivity index (χ1n) is 11.5. The van der Waals surface area contributed by atoms with E-state index in [2.05, 4.69) is 15.2 Å². The van der Waals surface area contributed by atoms with E-state index < -0.39 is 0 Å². The number of benzene rings is 3. The zero-order valence-corrected chi connectivity index (χ0v) is 18.9. The molecule has 1 saturated heterocycles. The van der Waals surface area contributed by atoms with Gasteiger partial charge in [-0.1, -0.05) is 60.7 Å². The minimum atomic E-state index is -0.171. The van der Waals surface area contributed by atoms with Gasteiger partial charge in [-0.25, -0.2) is 0 Å². The number of carbonyl (C=O) groups excluding carboxylic acids is 2. The Morgan fingerprint density at radius 2 is 1.53 bits per heavy atom. The summed E-state index contributed by atoms with van der Waals surface area (Å²) < 4.78 is 0. The van der Waals surface area contributed by atoms with Crippen LogP contribution in [0.4, 0.5) is 11.4 Å². The average molecular weight is 451 g/mol. The van der Waals surface area contributed by atoms with Gasteiger partial charge in [0.05, 0.1) is 29.4 Å². The summed E-state index contributed by atoms with van der Waals surface area (Å²) >= 11 is 0. The zero-order chi connectivity index (χ0) is 23.3. The van der Waals surface area contributed by atoms with Crippen LogP contribution in [0.5, 0.6) is 0 Å². The number of piperazine rings is 1. The molecule has 0 aliphatic carbocycles. The lowest BCUT2D eigenvalue weighted by Crippen LogP contribution is -2.49. The number of hydrogen-bond acceptors (Lipinski definition) is 4. The van der Waals surface area contributed by atoms with Gasteiger partial charge >= 0.3 is 0 Å². The molecule has 5 rings (SSSR count). The van der Waals surface area contributed by atoms with Gasteiger partial charge in [0.1, 0.15) is 0 Å². The molecule has 34 heavy (non-hydrogen) atoms. The molecule has 0 atom stereocenters. The van der Waals surface area contributed by atoms with Gasteiger partial charge in [-0.3, -0.25) is 14.6 Å². The number of nitrogens with zero attached hydrogens (tertiary/aromatic N) is 3. The molecule has 1 aliphatic rings. The molecule has 1 aliphatic heterocycles. The standard InChI is InChI=1S/C28H26N4O2/c33-27(18-21-8-2-1-3-9-21)32-16-14-31(15-17-32)26-13-7-5-11-24(26)28(34)30-23-19-22-10-4-6-12-25(22)29-20-23/h1-13,19-20H,14-18H2,(H,30,34). The quantitative estimate of drug-likeness (QED) is 0.490. The Morgan fingerprint density at radius 1 is 0.824 bits per heavy atom. The van der Waals surface area contributed by atoms with Gasteiger partial charge in [-0.2, -0.15) is 0 Å². The summed E-state index contributed by atoms with van der Waals surface area (Å²) in [4.78, 5) is 34.4. The van der Waals surface area contributed by atoms with E-state index in [4.69, 9.17) is 0 Å². The lowest BCUT2D eigenvalue weighted by atomic mass is 10.1. The van der Waals surface area contributed by atoms with Crippen LogP contribution in [0.1, 0.15) is 15.9 Å². The van der Waals surface area contributed by atoms with E-state index in [1.807, 2.05) is 89.8 Å². The smallest absolute Gasteiger partial charge is 0.257 e. The number of nitrogens with one attached hydrogen (secondary N) is 1. The van der Waals surface area contributed by atoms with Crippen molar-refractivity contribution in [3.05, 3.63) is 102 Å². The maximum atomic E-state index is 13.2.